The zero-order chi connectivity index (χ0) is 13.7. The van der Waals surface area contributed by atoms with Gasteiger partial charge < -0.3 is 4.90 Å². The molecule has 1 amide bonds. The molecule has 0 saturated heterocycles. The van der Waals surface area contributed by atoms with E-state index >= 15 is 0 Å². The van der Waals surface area contributed by atoms with Crippen molar-refractivity contribution >= 4 is 29.3 Å². The van der Waals surface area contributed by atoms with E-state index < -0.39 is 0 Å². The lowest BCUT2D eigenvalue weighted by Gasteiger charge is -2.24. The van der Waals surface area contributed by atoms with Crippen LogP contribution in [0.2, 0.25) is 5.28 Å². The Hall–Kier alpha value is -0.810. The predicted octanol–water partition coefficient (Wildman–Crippen LogP) is 2.65. The van der Waals surface area contributed by atoms with Crippen molar-refractivity contribution in [1.82, 2.24) is 14.9 Å². The first-order chi connectivity index (χ1) is 8.45. The van der Waals surface area contributed by atoms with Gasteiger partial charge in [-0.3, -0.25) is 4.79 Å². The highest BCUT2D eigenvalue weighted by molar-refractivity contribution is 7.98. The summed E-state index contributed by atoms with van der Waals surface area (Å²) in [7, 11) is 1.79. The summed E-state index contributed by atoms with van der Waals surface area (Å²) in [5.41, 5.74) is 1.05. The monoisotopic (exact) mass is 287 g/mol. The van der Waals surface area contributed by atoms with Crippen molar-refractivity contribution in [1.29, 1.82) is 0 Å². The number of rotatable bonds is 5. The smallest absolute Gasteiger partial charge is 0.272 e. The van der Waals surface area contributed by atoms with E-state index in [1.165, 1.54) is 0 Å². The molecule has 1 unspecified atom stereocenters. The molecule has 1 rings (SSSR count). The maximum Gasteiger partial charge on any atom is 0.272 e. The number of nitrogens with zero attached hydrogens (tertiary/aromatic N) is 3. The molecule has 0 aromatic carbocycles. The first-order valence-corrected chi connectivity index (χ1v) is 7.50. The second-order valence-corrected chi connectivity index (χ2v) is 5.53. The SMILES string of the molecule is CSCCC(C)N(C)C(=O)c1cc(C)nc(Cl)n1. The van der Waals surface area contributed by atoms with Crippen molar-refractivity contribution in [2.24, 2.45) is 0 Å². The fourth-order valence-electron chi connectivity index (χ4n) is 1.50. The first-order valence-electron chi connectivity index (χ1n) is 5.73. The van der Waals surface area contributed by atoms with Gasteiger partial charge >= 0.3 is 0 Å². The van der Waals surface area contributed by atoms with E-state index in [1.54, 1.807) is 36.7 Å². The number of aromatic nitrogens is 2. The second-order valence-electron chi connectivity index (χ2n) is 4.21. The van der Waals surface area contributed by atoms with Crippen LogP contribution < -0.4 is 0 Å². The van der Waals surface area contributed by atoms with Gasteiger partial charge in [0.15, 0.2) is 0 Å². The standard InChI is InChI=1S/C12H18ClN3OS/c1-8-7-10(15-12(13)14-8)11(17)16(3)9(2)5-6-18-4/h7,9H,5-6H2,1-4H3. The summed E-state index contributed by atoms with van der Waals surface area (Å²) in [6.45, 7) is 3.82. The topological polar surface area (TPSA) is 46.1 Å². The van der Waals surface area contributed by atoms with Crippen molar-refractivity contribution in [2.75, 3.05) is 19.1 Å². The molecule has 0 bridgehead atoms. The summed E-state index contributed by atoms with van der Waals surface area (Å²) in [6, 6.07) is 1.84. The molecule has 0 N–H and O–H groups in total. The summed E-state index contributed by atoms with van der Waals surface area (Å²) in [5, 5.41) is 0.114. The third-order valence-electron chi connectivity index (χ3n) is 2.77. The molecule has 0 aliphatic rings. The van der Waals surface area contributed by atoms with Crippen LogP contribution in [0.15, 0.2) is 6.07 Å². The zero-order valence-electron chi connectivity index (χ0n) is 11.1. The van der Waals surface area contributed by atoms with Gasteiger partial charge in [0, 0.05) is 18.8 Å². The first kappa shape index (κ1) is 15.2. The molecular weight excluding hydrogens is 270 g/mol. The van der Waals surface area contributed by atoms with E-state index in [0.717, 1.165) is 12.2 Å². The number of thioether (sulfide) groups is 1. The summed E-state index contributed by atoms with van der Waals surface area (Å²) in [4.78, 5) is 21.9. The Kier molecular flexibility index (Phi) is 5.88. The molecule has 0 aliphatic heterocycles. The van der Waals surface area contributed by atoms with Gasteiger partial charge in [-0.1, -0.05) is 0 Å². The highest BCUT2D eigenvalue weighted by Gasteiger charge is 2.19. The van der Waals surface area contributed by atoms with Gasteiger partial charge in [-0.2, -0.15) is 11.8 Å². The molecule has 6 heteroatoms. The Bertz CT molecular complexity index is 408. The van der Waals surface area contributed by atoms with E-state index in [2.05, 4.69) is 16.2 Å². The van der Waals surface area contributed by atoms with Crippen LogP contribution in [0.25, 0.3) is 0 Å². The Morgan fingerprint density at radius 1 is 1.56 bits per heavy atom. The van der Waals surface area contributed by atoms with E-state index in [0.29, 0.717) is 11.4 Å². The quantitative estimate of drug-likeness (QED) is 0.781. The van der Waals surface area contributed by atoms with Crippen LogP contribution in [0.5, 0.6) is 0 Å². The Labute approximate surface area is 117 Å². The van der Waals surface area contributed by atoms with Crippen molar-refractivity contribution in [3.05, 3.63) is 22.7 Å². The number of aryl methyl sites for hydroxylation is 1. The Morgan fingerprint density at radius 2 is 2.22 bits per heavy atom. The van der Waals surface area contributed by atoms with Crippen molar-refractivity contribution in [3.8, 4) is 0 Å². The molecule has 1 aromatic heterocycles. The lowest BCUT2D eigenvalue weighted by Crippen LogP contribution is -2.36. The lowest BCUT2D eigenvalue weighted by molar-refractivity contribution is 0.0735. The highest BCUT2D eigenvalue weighted by atomic mass is 35.5. The van der Waals surface area contributed by atoms with Gasteiger partial charge in [0.25, 0.3) is 5.91 Å². The van der Waals surface area contributed by atoms with Gasteiger partial charge in [0.05, 0.1) is 0 Å². The van der Waals surface area contributed by atoms with Crippen LogP contribution in [0.1, 0.15) is 29.5 Å². The lowest BCUT2D eigenvalue weighted by atomic mass is 10.2. The molecule has 1 heterocycles. The second kappa shape index (κ2) is 6.95. The maximum absolute atomic E-state index is 12.2. The fraction of sp³-hybridized carbons (Fsp3) is 0.583. The highest BCUT2D eigenvalue weighted by Crippen LogP contribution is 2.12. The zero-order valence-corrected chi connectivity index (χ0v) is 12.7. The number of halogens is 1. The minimum Gasteiger partial charge on any atom is -0.338 e. The molecule has 0 fully saturated rings. The van der Waals surface area contributed by atoms with Gasteiger partial charge in [-0.05, 0) is 49.9 Å². The Balaban J connectivity index is 2.79. The van der Waals surface area contributed by atoms with Crippen LogP contribution in [-0.4, -0.2) is 45.9 Å². The van der Waals surface area contributed by atoms with Crippen LogP contribution in [0.4, 0.5) is 0 Å². The third kappa shape index (κ3) is 4.14. The number of amides is 1. The Morgan fingerprint density at radius 3 is 2.78 bits per heavy atom. The molecule has 1 aromatic rings. The fourth-order valence-corrected chi connectivity index (χ4v) is 2.31. The third-order valence-corrected chi connectivity index (χ3v) is 3.58. The molecular formula is C12H18ClN3OS. The van der Waals surface area contributed by atoms with Gasteiger partial charge in [-0.25, -0.2) is 9.97 Å². The maximum atomic E-state index is 12.2. The predicted molar refractivity (Wildman–Crippen MR) is 76.3 cm³/mol. The van der Waals surface area contributed by atoms with Crippen LogP contribution in [-0.2, 0) is 0 Å². The van der Waals surface area contributed by atoms with Gasteiger partial charge in [0.1, 0.15) is 5.69 Å². The number of carbonyl (C=O) groups excluding carboxylic acids is 1. The van der Waals surface area contributed by atoms with Gasteiger partial charge in [0.2, 0.25) is 5.28 Å². The molecule has 100 valence electrons. The molecule has 0 spiro atoms. The number of hydrogen-bond donors (Lipinski definition) is 0. The van der Waals surface area contributed by atoms with E-state index in [1.807, 2.05) is 6.92 Å². The molecule has 0 radical (unpaired) electrons. The average Bonchev–Trinajstić information content (AvgIpc) is 2.32. The average molecular weight is 288 g/mol. The van der Waals surface area contributed by atoms with E-state index in [9.17, 15) is 4.79 Å². The van der Waals surface area contributed by atoms with Crippen molar-refractivity contribution < 1.29 is 4.79 Å². The van der Waals surface area contributed by atoms with Crippen molar-refractivity contribution in [2.45, 2.75) is 26.3 Å². The molecule has 1 atom stereocenters. The van der Waals surface area contributed by atoms with Crippen LogP contribution in [0.3, 0.4) is 0 Å². The summed E-state index contributed by atoms with van der Waals surface area (Å²) in [6.07, 6.45) is 3.02. The minimum absolute atomic E-state index is 0.114. The van der Waals surface area contributed by atoms with Crippen LogP contribution in [0, 0.1) is 6.92 Å². The van der Waals surface area contributed by atoms with Gasteiger partial charge in [-0.15, -0.1) is 0 Å². The largest absolute Gasteiger partial charge is 0.338 e. The molecule has 18 heavy (non-hydrogen) atoms. The number of carbonyl (C=O) groups is 1. The molecule has 0 aliphatic carbocycles. The molecule has 0 saturated carbocycles. The van der Waals surface area contributed by atoms with Crippen LogP contribution >= 0.6 is 23.4 Å². The summed E-state index contributed by atoms with van der Waals surface area (Å²) < 4.78 is 0. The normalized spacial score (nSPS) is 12.3. The number of hydrogen-bond acceptors (Lipinski definition) is 4. The van der Waals surface area contributed by atoms with E-state index in [4.69, 9.17) is 11.6 Å². The van der Waals surface area contributed by atoms with Crippen molar-refractivity contribution in [3.63, 3.8) is 0 Å². The minimum atomic E-state index is -0.115. The summed E-state index contributed by atoms with van der Waals surface area (Å²) in [5.74, 6) is 0.915. The van der Waals surface area contributed by atoms with E-state index in [-0.39, 0.29) is 17.2 Å². The summed E-state index contributed by atoms with van der Waals surface area (Å²) >= 11 is 7.54. The molecule has 4 nitrogen and oxygen atoms in total.